The first-order valence-corrected chi connectivity index (χ1v) is 7.02. The normalized spacial score (nSPS) is 12.0. The maximum absolute atomic E-state index is 8.79. The second-order valence-corrected chi connectivity index (χ2v) is 5.26. The van der Waals surface area contributed by atoms with Gasteiger partial charge in [0, 0.05) is 16.8 Å². The predicted molar refractivity (Wildman–Crippen MR) is 91.1 cm³/mol. The van der Waals surface area contributed by atoms with Gasteiger partial charge in [0.1, 0.15) is 5.84 Å². The van der Waals surface area contributed by atoms with Gasteiger partial charge in [-0.1, -0.05) is 35.3 Å². The highest BCUT2D eigenvalue weighted by molar-refractivity contribution is 6.33. The van der Waals surface area contributed by atoms with Crippen LogP contribution >= 0.6 is 23.2 Å². The smallest absolute Gasteiger partial charge is 0.126 e. The fraction of sp³-hybridized carbons (Fsp3) is 0. The molecule has 2 aromatic rings. The summed E-state index contributed by atoms with van der Waals surface area (Å²) in [6.07, 6.45) is 1.54. The number of aliphatic imine (C=N–C) groups is 1. The van der Waals surface area contributed by atoms with E-state index in [1.54, 1.807) is 36.4 Å². The lowest BCUT2D eigenvalue weighted by molar-refractivity contribution is 1.44. The third-order valence-electron chi connectivity index (χ3n) is 2.81. The lowest BCUT2D eigenvalue weighted by atomic mass is 10.1. The summed E-state index contributed by atoms with van der Waals surface area (Å²) in [6, 6.07) is 13.8. The molecule has 2 aromatic carbocycles. The van der Waals surface area contributed by atoms with Crippen molar-refractivity contribution in [2.75, 3.05) is 0 Å². The van der Waals surface area contributed by atoms with Gasteiger partial charge in [0.25, 0.3) is 0 Å². The molecule has 0 bridgehead atoms. The topological polar surface area (TPSA) is 88.2 Å². The Bertz CT molecular complexity index is 787. The van der Waals surface area contributed by atoms with Crippen LogP contribution in [0.3, 0.4) is 0 Å². The van der Waals surface area contributed by atoms with Gasteiger partial charge in [-0.25, -0.2) is 4.99 Å². The number of nitrogens with two attached hydrogens (primary N) is 2. The molecule has 0 atom stereocenters. The molecule has 22 heavy (non-hydrogen) atoms. The number of nitrogens with zero attached hydrogens (tertiary/aromatic N) is 2. The van der Waals surface area contributed by atoms with E-state index in [0.717, 1.165) is 5.56 Å². The van der Waals surface area contributed by atoms with Crippen LogP contribution in [-0.2, 0) is 0 Å². The molecule has 0 heterocycles. The molecule has 0 saturated carbocycles. The number of hydrogen-bond acceptors (Lipinski definition) is 3. The van der Waals surface area contributed by atoms with Crippen LogP contribution in [0.2, 0.25) is 10.0 Å². The van der Waals surface area contributed by atoms with Gasteiger partial charge in [-0.15, -0.1) is 0 Å². The Morgan fingerprint density at radius 3 is 2.36 bits per heavy atom. The van der Waals surface area contributed by atoms with Crippen LogP contribution in [0, 0.1) is 11.3 Å². The Labute approximate surface area is 138 Å². The first-order chi connectivity index (χ1) is 10.5. The standard InChI is InChI=1S/C16H12Cl2N4/c17-12-4-2-11(3-5-12)14(20)8-16(21)22-15-6-1-10(9-19)7-13(15)18/h1-8H,20H2,(H2,21,22)/b14-8-. The van der Waals surface area contributed by atoms with Crippen molar-refractivity contribution in [2.45, 2.75) is 0 Å². The molecule has 6 heteroatoms. The monoisotopic (exact) mass is 330 g/mol. The molecule has 0 amide bonds. The van der Waals surface area contributed by atoms with Gasteiger partial charge in [0.05, 0.1) is 22.3 Å². The zero-order valence-electron chi connectivity index (χ0n) is 11.4. The number of amidine groups is 1. The average molecular weight is 331 g/mol. The Hall–Kier alpha value is -2.48. The van der Waals surface area contributed by atoms with Gasteiger partial charge < -0.3 is 11.5 Å². The van der Waals surface area contributed by atoms with E-state index in [0.29, 0.717) is 27.0 Å². The summed E-state index contributed by atoms with van der Waals surface area (Å²) in [7, 11) is 0. The molecule has 110 valence electrons. The van der Waals surface area contributed by atoms with E-state index in [1.807, 2.05) is 6.07 Å². The molecule has 0 aliphatic carbocycles. The maximum atomic E-state index is 8.79. The van der Waals surface area contributed by atoms with Crippen molar-refractivity contribution >= 4 is 40.4 Å². The lowest BCUT2D eigenvalue weighted by Gasteiger charge is -2.03. The van der Waals surface area contributed by atoms with Crippen molar-refractivity contribution in [1.29, 1.82) is 5.26 Å². The molecule has 0 aromatic heterocycles. The quantitative estimate of drug-likeness (QED) is 0.661. The second-order valence-electron chi connectivity index (χ2n) is 4.42. The van der Waals surface area contributed by atoms with Crippen molar-refractivity contribution in [3.05, 3.63) is 69.7 Å². The second kappa shape index (κ2) is 6.99. The van der Waals surface area contributed by atoms with Crippen LogP contribution in [-0.4, -0.2) is 5.84 Å². The minimum Gasteiger partial charge on any atom is -0.398 e. The number of benzene rings is 2. The molecule has 2 rings (SSSR count). The Balaban J connectivity index is 2.27. The van der Waals surface area contributed by atoms with Crippen LogP contribution in [0.5, 0.6) is 0 Å². The summed E-state index contributed by atoms with van der Waals surface area (Å²) in [5.74, 6) is 0.207. The predicted octanol–water partition coefficient (Wildman–Crippen LogP) is 3.85. The van der Waals surface area contributed by atoms with Gasteiger partial charge in [0.15, 0.2) is 0 Å². The third-order valence-corrected chi connectivity index (χ3v) is 3.36. The van der Waals surface area contributed by atoms with E-state index >= 15 is 0 Å². The van der Waals surface area contributed by atoms with E-state index in [-0.39, 0.29) is 5.84 Å². The highest BCUT2D eigenvalue weighted by Gasteiger charge is 2.02. The molecule has 0 aliphatic heterocycles. The fourth-order valence-corrected chi connectivity index (χ4v) is 2.07. The highest BCUT2D eigenvalue weighted by Crippen LogP contribution is 2.25. The minimum absolute atomic E-state index is 0.207. The summed E-state index contributed by atoms with van der Waals surface area (Å²) in [6.45, 7) is 0. The van der Waals surface area contributed by atoms with Crippen molar-refractivity contribution in [2.24, 2.45) is 16.5 Å². The molecule has 4 nitrogen and oxygen atoms in total. The largest absolute Gasteiger partial charge is 0.398 e. The summed E-state index contributed by atoms with van der Waals surface area (Å²) in [5.41, 5.74) is 14.0. The van der Waals surface area contributed by atoms with Crippen molar-refractivity contribution in [3.8, 4) is 6.07 Å². The maximum Gasteiger partial charge on any atom is 0.126 e. The van der Waals surface area contributed by atoms with E-state index in [4.69, 9.17) is 39.9 Å². The van der Waals surface area contributed by atoms with Gasteiger partial charge in [-0.05, 0) is 35.9 Å². The number of hydrogen-bond donors (Lipinski definition) is 2. The first-order valence-electron chi connectivity index (χ1n) is 6.26. The summed E-state index contributed by atoms with van der Waals surface area (Å²) >= 11 is 11.9. The molecule has 0 aliphatic rings. The van der Waals surface area contributed by atoms with Gasteiger partial charge in [0.2, 0.25) is 0 Å². The molecule has 4 N–H and O–H groups in total. The Morgan fingerprint density at radius 1 is 1.09 bits per heavy atom. The van der Waals surface area contributed by atoms with Crippen LogP contribution in [0.1, 0.15) is 11.1 Å². The van der Waals surface area contributed by atoms with Gasteiger partial charge in [-0.2, -0.15) is 5.26 Å². The van der Waals surface area contributed by atoms with Crippen molar-refractivity contribution in [3.63, 3.8) is 0 Å². The molecule has 0 unspecified atom stereocenters. The zero-order valence-corrected chi connectivity index (χ0v) is 12.9. The van der Waals surface area contributed by atoms with Crippen molar-refractivity contribution < 1.29 is 0 Å². The number of rotatable bonds is 3. The minimum atomic E-state index is 0.207. The highest BCUT2D eigenvalue weighted by atomic mass is 35.5. The SMILES string of the molecule is N#Cc1ccc(N=C(N)/C=C(\N)c2ccc(Cl)cc2)c(Cl)c1. The molecular formula is C16H12Cl2N4. The van der Waals surface area contributed by atoms with Crippen molar-refractivity contribution in [1.82, 2.24) is 0 Å². The molecule has 0 saturated heterocycles. The zero-order chi connectivity index (χ0) is 16.1. The van der Waals surface area contributed by atoms with E-state index in [2.05, 4.69) is 4.99 Å². The molecule has 0 fully saturated rings. The van der Waals surface area contributed by atoms with E-state index in [1.165, 1.54) is 12.1 Å². The molecule has 0 radical (unpaired) electrons. The first kappa shape index (κ1) is 15.9. The summed E-state index contributed by atoms with van der Waals surface area (Å²) in [5, 5.41) is 9.77. The lowest BCUT2D eigenvalue weighted by Crippen LogP contribution is -2.10. The Morgan fingerprint density at radius 2 is 1.77 bits per heavy atom. The van der Waals surface area contributed by atoms with Crippen LogP contribution in [0.25, 0.3) is 5.70 Å². The van der Waals surface area contributed by atoms with Crippen LogP contribution in [0.15, 0.2) is 53.5 Å². The fourth-order valence-electron chi connectivity index (χ4n) is 1.72. The third kappa shape index (κ3) is 4.01. The van der Waals surface area contributed by atoms with Crippen LogP contribution < -0.4 is 11.5 Å². The average Bonchev–Trinajstić information content (AvgIpc) is 2.49. The van der Waals surface area contributed by atoms with Gasteiger partial charge >= 0.3 is 0 Å². The van der Waals surface area contributed by atoms with Gasteiger partial charge in [-0.3, -0.25) is 0 Å². The number of halogens is 2. The molecular weight excluding hydrogens is 319 g/mol. The summed E-state index contributed by atoms with van der Waals surface area (Å²) < 4.78 is 0. The molecule has 0 spiro atoms. The van der Waals surface area contributed by atoms with Crippen LogP contribution in [0.4, 0.5) is 5.69 Å². The van der Waals surface area contributed by atoms with E-state index in [9.17, 15) is 0 Å². The van der Waals surface area contributed by atoms with E-state index < -0.39 is 0 Å². The number of nitriles is 1. The Kier molecular flexibility index (Phi) is 5.05. The summed E-state index contributed by atoms with van der Waals surface area (Å²) in [4.78, 5) is 4.19.